The van der Waals surface area contributed by atoms with Gasteiger partial charge in [-0.3, -0.25) is 28.8 Å². The van der Waals surface area contributed by atoms with E-state index in [1.54, 1.807) is 14.0 Å². The molecule has 1 aromatic carbocycles. The van der Waals surface area contributed by atoms with Crippen LogP contribution < -0.4 is 26.6 Å². The molecule has 0 aromatic heterocycles. The Labute approximate surface area is 300 Å². The number of nitrogens with one attached hydrogen (secondary N) is 5. The molecule has 0 aliphatic carbocycles. The van der Waals surface area contributed by atoms with Crippen LogP contribution in [0.5, 0.6) is 5.75 Å². The highest BCUT2D eigenvalue weighted by Crippen LogP contribution is 2.16. The van der Waals surface area contributed by atoms with Crippen molar-refractivity contribution in [2.75, 3.05) is 27.7 Å². The van der Waals surface area contributed by atoms with Crippen LogP contribution >= 0.6 is 0 Å². The molecule has 0 fully saturated rings. The average Bonchev–Trinajstić information content (AvgIpc) is 3.07. The van der Waals surface area contributed by atoms with E-state index >= 15 is 0 Å². The van der Waals surface area contributed by atoms with Crippen LogP contribution in [0.15, 0.2) is 24.3 Å². The van der Waals surface area contributed by atoms with E-state index in [4.69, 9.17) is 0 Å². The molecule has 16 nitrogen and oxygen atoms in total. The first-order valence-corrected chi connectivity index (χ1v) is 17.1. The van der Waals surface area contributed by atoms with Crippen molar-refractivity contribution in [3.8, 4) is 5.75 Å². The minimum atomic E-state index is -1.29. The van der Waals surface area contributed by atoms with Crippen LogP contribution in [0.2, 0.25) is 0 Å². The van der Waals surface area contributed by atoms with Crippen molar-refractivity contribution in [2.24, 2.45) is 11.8 Å². The normalized spacial score (nSPS) is 14.7. The number of phenolic OH excluding ortho intramolecular Hbond substituents is 1. The van der Waals surface area contributed by atoms with Gasteiger partial charge in [-0.2, -0.15) is 0 Å². The summed E-state index contributed by atoms with van der Waals surface area (Å²) in [4.78, 5) is 92.6. The lowest BCUT2D eigenvalue weighted by Crippen LogP contribution is -2.59. The van der Waals surface area contributed by atoms with Gasteiger partial charge < -0.3 is 46.6 Å². The fourth-order valence-corrected chi connectivity index (χ4v) is 5.08. The zero-order valence-corrected chi connectivity index (χ0v) is 31.4. The van der Waals surface area contributed by atoms with Gasteiger partial charge in [-0.1, -0.05) is 39.8 Å². The fraction of sp³-hybridized carbons (Fsp3) is 0.629. The first kappa shape index (κ1) is 44.3. The number of phenols is 1. The number of nitrogens with zero attached hydrogens (tertiary/aromatic N) is 2. The molecule has 1 rings (SSSR count). The summed E-state index contributed by atoms with van der Waals surface area (Å²) in [5.41, 5.74) is 0.562. The summed E-state index contributed by atoms with van der Waals surface area (Å²) < 4.78 is 0. The van der Waals surface area contributed by atoms with Crippen LogP contribution in [0.25, 0.3) is 0 Å². The van der Waals surface area contributed by atoms with Gasteiger partial charge >= 0.3 is 5.97 Å². The van der Waals surface area contributed by atoms with Crippen LogP contribution in [0.4, 0.5) is 0 Å². The van der Waals surface area contributed by atoms with Crippen LogP contribution in [-0.2, 0) is 40.0 Å². The Morgan fingerprint density at radius 2 is 1.25 bits per heavy atom. The van der Waals surface area contributed by atoms with Gasteiger partial charge in [0.2, 0.25) is 35.4 Å². The van der Waals surface area contributed by atoms with Crippen molar-refractivity contribution < 1.29 is 43.8 Å². The van der Waals surface area contributed by atoms with Gasteiger partial charge in [-0.15, -0.1) is 0 Å². The van der Waals surface area contributed by atoms with Crippen LogP contribution in [0.3, 0.4) is 0 Å². The third-order valence-electron chi connectivity index (χ3n) is 8.43. The largest absolute Gasteiger partial charge is 0.508 e. The van der Waals surface area contributed by atoms with Gasteiger partial charge in [-0.25, -0.2) is 4.79 Å². The summed E-state index contributed by atoms with van der Waals surface area (Å²) >= 11 is 0. The standard InChI is InChI=1S/C35H57N7O9/c1-19(2)15-26(40-30(45)21(5)36-8)34(49)42(10)28(16-20(3)4)32(47)38-22(6)33(48)41(9)23(7)31(46)37-18-29(44)39-27(35(50)51)17-24-11-13-25(43)14-12-24/h11-14,19-23,26-28,36,43H,15-18H2,1-10H3,(H,37,46)(H,38,47)(H,39,44)(H,40,45)(H,50,51)/t21-,22-,23-,26-,27-,28-/m0/s1. The smallest absolute Gasteiger partial charge is 0.326 e. The second-order valence-corrected chi connectivity index (χ2v) is 13.7. The second-order valence-electron chi connectivity index (χ2n) is 13.7. The van der Waals surface area contributed by atoms with E-state index in [-0.39, 0.29) is 36.3 Å². The van der Waals surface area contributed by atoms with Crippen molar-refractivity contribution in [3.63, 3.8) is 0 Å². The van der Waals surface area contributed by atoms with Crippen molar-refractivity contribution in [3.05, 3.63) is 29.8 Å². The SMILES string of the molecule is CN[C@@H](C)C(=O)N[C@@H](CC(C)C)C(=O)N(C)[C@@H](CC(C)C)C(=O)N[C@@H](C)C(=O)N(C)[C@@H](C)C(=O)NCC(=O)N[C@@H](Cc1ccc(O)cc1)C(=O)O. The third-order valence-corrected chi connectivity index (χ3v) is 8.43. The Balaban J connectivity index is 2.90. The maximum atomic E-state index is 13.7. The van der Waals surface area contributed by atoms with E-state index in [0.717, 1.165) is 4.90 Å². The molecular formula is C35H57N7O9. The van der Waals surface area contributed by atoms with Gasteiger partial charge in [0, 0.05) is 20.5 Å². The number of hydrogen-bond acceptors (Lipinski definition) is 9. The monoisotopic (exact) mass is 719 g/mol. The van der Waals surface area contributed by atoms with Gasteiger partial charge in [0.1, 0.15) is 36.0 Å². The lowest BCUT2D eigenvalue weighted by atomic mass is 9.98. The first-order valence-electron chi connectivity index (χ1n) is 17.1. The number of benzene rings is 1. The molecule has 0 radical (unpaired) electrons. The van der Waals surface area contributed by atoms with Gasteiger partial charge in [0.05, 0.1) is 12.6 Å². The highest BCUT2D eigenvalue weighted by atomic mass is 16.4. The third kappa shape index (κ3) is 14.6. The molecule has 51 heavy (non-hydrogen) atoms. The number of likely N-dealkylation sites (N-methyl/N-ethyl adjacent to an activating group) is 3. The van der Waals surface area contributed by atoms with Gasteiger partial charge in [-0.05, 0) is 70.2 Å². The number of carboxylic acid groups (broad SMARTS) is 1. The molecule has 0 aliphatic rings. The number of hydrogen-bond donors (Lipinski definition) is 7. The molecular weight excluding hydrogens is 662 g/mol. The highest BCUT2D eigenvalue weighted by Gasteiger charge is 2.35. The zero-order valence-electron chi connectivity index (χ0n) is 31.4. The van der Waals surface area contributed by atoms with Crippen molar-refractivity contribution in [2.45, 2.75) is 104 Å². The summed E-state index contributed by atoms with van der Waals surface area (Å²) in [7, 11) is 4.48. The van der Waals surface area contributed by atoms with Gasteiger partial charge in [0.25, 0.3) is 0 Å². The number of carbonyl (C=O) groups is 7. The molecule has 7 N–H and O–H groups in total. The fourth-order valence-electron chi connectivity index (χ4n) is 5.08. The molecule has 286 valence electrons. The number of aliphatic carboxylic acids is 1. The van der Waals surface area contributed by atoms with E-state index in [2.05, 4.69) is 26.6 Å². The molecule has 0 saturated carbocycles. The quantitative estimate of drug-likeness (QED) is 0.0954. The molecule has 6 amide bonds. The Kier molecular flexibility index (Phi) is 18.1. The predicted octanol–water partition coefficient (Wildman–Crippen LogP) is -0.0162. The lowest BCUT2D eigenvalue weighted by Gasteiger charge is -2.34. The van der Waals surface area contributed by atoms with Crippen molar-refractivity contribution in [1.29, 1.82) is 0 Å². The maximum Gasteiger partial charge on any atom is 0.326 e. The molecule has 0 spiro atoms. The molecule has 16 heteroatoms. The Morgan fingerprint density at radius 1 is 0.686 bits per heavy atom. The van der Waals surface area contributed by atoms with Crippen molar-refractivity contribution >= 4 is 41.4 Å². The minimum absolute atomic E-state index is 0.00774. The highest BCUT2D eigenvalue weighted by molar-refractivity contribution is 5.96. The Morgan fingerprint density at radius 3 is 1.76 bits per heavy atom. The van der Waals surface area contributed by atoms with E-state index in [0.29, 0.717) is 12.0 Å². The number of aromatic hydroxyl groups is 1. The van der Waals surface area contributed by atoms with Crippen LogP contribution in [-0.4, -0.2) is 125 Å². The Hall–Kier alpha value is -4.73. The topological polar surface area (TPSA) is 227 Å². The van der Waals surface area contributed by atoms with Crippen LogP contribution in [0, 0.1) is 11.8 Å². The average molecular weight is 720 g/mol. The molecule has 0 bridgehead atoms. The van der Waals surface area contributed by atoms with E-state index in [1.807, 2.05) is 27.7 Å². The molecule has 0 heterocycles. The molecule has 6 atom stereocenters. The number of carboxylic acids is 1. The first-order chi connectivity index (χ1) is 23.7. The van der Waals surface area contributed by atoms with Crippen LogP contribution in [0.1, 0.15) is 66.9 Å². The summed E-state index contributed by atoms with van der Waals surface area (Å²) in [6, 6.07) is -0.00214. The Bertz CT molecular complexity index is 1370. The predicted molar refractivity (Wildman–Crippen MR) is 190 cm³/mol. The lowest BCUT2D eigenvalue weighted by molar-refractivity contribution is -0.145. The van der Waals surface area contributed by atoms with E-state index < -0.39 is 78.3 Å². The maximum absolute atomic E-state index is 13.7. The zero-order chi connectivity index (χ0) is 39.2. The van der Waals surface area contributed by atoms with Gasteiger partial charge in [0.15, 0.2) is 0 Å². The molecule has 0 aliphatic heterocycles. The molecule has 0 saturated heterocycles. The summed E-state index contributed by atoms with van der Waals surface area (Å²) in [6.45, 7) is 11.6. The number of carbonyl (C=O) groups excluding carboxylic acids is 6. The summed E-state index contributed by atoms with van der Waals surface area (Å²) in [5.74, 6) is -4.68. The summed E-state index contributed by atoms with van der Waals surface area (Å²) in [5, 5.41) is 32.0. The molecule has 1 aromatic rings. The number of rotatable bonds is 20. The number of amides is 6. The summed E-state index contributed by atoms with van der Waals surface area (Å²) in [6.07, 6.45) is 0.570. The van der Waals surface area contributed by atoms with E-state index in [1.165, 1.54) is 57.1 Å². The van der Waals surface area contributed by atoms with Crippen molar-refractivity contribution in [1.82, 2.24) is 36.4 Å². The second kappa shape index (κ2) is 20.8. The minimum Gasteiger partial charge on any atom is -0.508 e. The van der Waals surface area contributed by atoms with E-state index in [9.17, 15) is 43.8 Å². The molecule has 0 unspecified atom stereocenters.